The zero-order chi connectivity index (χ0) is 18.2. The van der Waals surface area contributed by atoms with Crippen molar-refractivity contribution in [3.8, 4) is 0 Å². The molecule has 1 aliphatic heterocycles. The topological polar surface area (TPSA) is 49.4 Å². The number of hydrogen-bond donors (Lipinski definition) is 1. The maximum atomic E-state index is 12.4. The van der Waals surface area contributed by atoms with Crippen LogP contribution in [0, 0.1) is 5.92 Å². The van der Waals surface area contributed by atoms with Crippen molar-refractivity contribution in [3.63, 3.8) is 0 Å². The van der Waals surface area contributed by atoms with Crippen LogP contribution in [-0.2, 0) is 9.59 Å². The summed E-state index contributed by atoms with van der Waals surface area (Å²) in [5, 5.41) is 2.96. The van der Waals surface area contributed by atoms with Gasteiger partial charge in [0.25, 0.3) is 0 Å². The van der Waals surface area contributed by atoms with Gasteiger partial charge < -0.3 is 10.2 Å². The van der Waals surface area contributed by atoms with Crippen molar-refractivity contribution < 1.29 is 9.59 Å². The number of hydrogen-bond acceptors (Lipinski definition) is 3. The van der Waals surface area contributed by atoms with Gasteiger partial charge in [0.15, 0.2) is 0 Å². The second-order valence-corrected chi connectivity index (χ2v) is 7.59. The Kier molecular flexibility index (Phi) is 6.72. The normalized spacial score (nSPS) is 14.8. The molecule has 0 atom stereocenters. The molecule has 2 amide bonds. The number of nitrogens with one attached hydrogen (secondary N) is 1. The van der Waals surface area contributed by atoms with E-state index in [1.54, 1.807) is 11.8 Å². The second kappa shape index (κ2) is 9.43. The molecule has 0 spiro atoms. The molecule has 1 N–H and O–H groups in total. The van der Waals surface area contributed by atoms with E-state index in [-0.39, 0.29) is 17.7 Å². The number of piperidine rings is 1. The average Bonchev–Trinajstić information content (AvgIpc) is 2.69. The molecule has 0 radical (unpaired) electrons. The minimum atomic E-state index is -0.0158. The summed E-state index contributed by atoms with van der Waals surface area (Å²) in [6.07, 6.45) is 2.01. The van der Waals surface area contributed by atoms with E-state index in [4.69, 9.17) is 0 Å². The number of nitrogens with zero attached hydrogens (tertiary/aromatic N) is 1. The van der Waals surface area contributed by atoms with Crippen LogP contribution in [0.3, 0.4) is 0 Å². The number of amides is 2. The highest BCUT2D eigenvalue weighted by molar-refractivity contribution is 7.99. The Balaban J connectivity index is 1.38. The fourth-order valence-corrected chi connectivity index (χ4v) is 3.95. The highest BCUT2D eigenvalue weighted by Gasteiger charge is 2.27. The van der Waals surface area contributed by atoms with Gasteiger partial charge in [0, 0.05) is 41.8 Å². The van der Waals surface area contributed by atoms with Crippen molar-refractivity contribution in [2.24, 2.45) is 5.92 Å². The van der Waals surface area contributed by atoms with E-state index >= 15 is 0 Å². The fraction of sp³-hybridized carbons (Fsp3) is 0.333. The van der Waals surface area contributed by atoms with E-state index in [9.17, 15) is 9.59 Å². The third-order valence-corrected chi connectivity index (χ3v) is 5.60. The molecule has 1 heterocycles. The van der Waals surface area contributed by atoms with Crippen molar-refractivity contribution >= 4 is 29.3 Å². The summed E-state index contributed by atoms with van der Waals surface area (Å²) in [6, 6.07) is 19.7. The summed E-state index contributed by atoms with van der Waals surface area (Å²) in [6.45, 7) is 1.34. The Hall–Kier alpha value is -2.27. The van der Waals surface area contributed by atoms with Crippen LogP contribution in [0.2, 0.25) is 0 Å². The van der Waals surface area contributed by atoms with Gasteiger partial charge in [-0.15, -0.1) is 11.8 Å². The van der Waals surface area contributed by atoms with Gasteiger partial charge in [-0.2, -0.15) is 0 Å². The molecule has 136 valence electrons. The number of carbonyl (C=O) groups excluding carboxylic acids is 2. The molecule has 5 heteroatoms. The molecule has 0 aromatic heterocycles. The van der Waals surface area contributed by atoms with Gasteiger partial charge in [-0.1, -0.05) is 36.4 Å². The molecule has 1 fully saturated rings. The number of rotatable bonds is 6. The summed E-state index contributed by atoms with van der Waals surface area (Å²) in [5.74, 6) is 1.02. The Labute approximate surface area is 159 Å². The quantitative estimate of drug-likeness (QED) is 0.783. The lowest BCUT2D eigenvalue weighted by Gasteiger charge is -2.31. The Morgan fingerprint density at radius 3 is 2.23 bits per heavy atom. The minimum Gasteiger partial charge on any atom is -0.343 e. The molecule has 1 saturated heterocycles. The predicted molar refractivity (Wildman–Crippen MR) is 106 cm³/mol. The highest BCUT2D eigenvalue weighted by Crippen LogP contribution is 2.22. The van der Waals surface area contributed by atoms with E-state index < -0.39 is 0 Å². The SMILES string of the molecule is O=C(Nc1ccccc1)C1CCN(C(=O)CCSc2ccccc2)CC1. The third-order valence-electron chi connectivity index (χ3n) is 4.59. The molecule has 0 aliphatic carbocycles. The summed E-state index contributed by atoms with van der Waals surface area (Å²) < 4.78 is 0. The van der Waals surface area contributed by atoms with E-state index in [2.05, 4.69) is 17.4 Å². The summed E-state index contributed by atoms with van der Waals surface area (Å²) in [7, 11) is 0. The molecule has 0 bridgehead atoms. The van der Waals surface area contributed by atoms with E-state index in [1.807, 2.05) is 53.4 Å². The first-order valence-electron chi connectivity index (χ1n) is 9.04. The fourth-order valence-electron chi connectivity index (χ4n) is 3.09. The number of benzene rings is 2. The van der Waals surface area contributed by atoms with Gasteiger partial charge in [-0.05, 0) is 37.1 Å². The second-order valence-electron chi connectivity index (χ2n) is 6.42. The van der Waals surface area contributed by atoms with Crippen LogP contribution in [0.1, 0.15) is 19.3 Å². The zero-order valence-electron chi connectivity index (χ0n) is 14.8. The maximum Gasteiger partial charge on any atom is 0.227 e. The van der Waals surface area contributed by atoms with Gasteiger partial charge >= 0.3 is 0 Å². The van der Waals surface area contributed by atoms with Crippen LogP contribution < -0.4 is 5.32 Å². The van der Waals surface area contributed by atoms with E-state index in [1.165, 1.54) is 4.90 Å². The largest absolute Gasteiger partial charge is 0.343 e. The Morgan fingerprint density at radius 2 is 1.58 bits per heavy atom. The first-order valence-corrected chi connectivity index (χ1v) is 10.0. The zero-order valence-corrected chi connectivity index (χ0v) is 15.6. The van der Waals surface area contributed by atoms with Crippen LogP contribution in [0.25, 0.3) is 0 Å². The summed E-state index contributed by atoms with van der Waals surface area (Å²) in [4.78, 5) is 27.8. The molecule has 3 rings (SSSR count). The lowest BCUT2D eigenvalue weighted by atomic mass is 9.95. The van der Waals surface area contributed by atoms with Crippen LogP contribution in [0.15, 0.2) is 65.6 Å². The summed E-state index contributed by atoms with van der Waals surface area (Å²) >= 11 is 1.71. The lowest BCUT2D eigenvalue weighted by Crippen LogP contribution is -2.41. The Bertz CT molecular complexity index is 713. The monoisotopic (exact) mass is 368 g/mol. The van der Waals surface area contributed by atoms with Gasteiger partial charge in [0.05, 0.1) is 0 Å². The van der Waals surface area contributed by atoms with Gasteiger partial charge in [0.1, 0.15) is 0 Å². The van der Waals surface area contributed by atoms with Gasteiger partial charge in [-0.25, -0.2) is 0 Å². The molecule has 0 saturated carbocycles. The van der Waals surface area contributed by atoms with E-state index in [0.29, 0.717) is 19.5 Å². The lowest BCUT2D eigenvalue weighted by molar-refractivity contribution is -0.134. The maximum absolute atomic E-state index is 12.4. The number of anilines is 1. The number of thioether (sulfide) groups is 1. The van der Waals surface area contributed by atoms with E-state index in [0.717, 1.165) is 24.3 Å². The first-order chi connectivity index (χ1) is 12.7. The molecular weight excluding hydrogens is 344 g/mol. The standard InChI is InChI=1S/C21H24N2O2S/c24-20(13-16-26-19-9-5-2-6-10-19)23-14-11-17(12-15-23)21(25)22-18-7-3-1-4-8-18/h1-10,17H,11-16H2,(H,22,25). The molecule has 1 aliphatic rings. The van der Waals surface area contributed by atoms with Crippen LogP contribution in [0.4, 0.5) is 5.69 Å². The molecule has 4 nitrogen and oxygen atoms in total. The molecule has 26 heavy (non-hydrogen) atoms. The Morgan fingerprint density at radius 1 is 0.962 bits per heavy atom. The smallest absolute Gasteiger partial charge is 0.227 e. The molecule has 2 aromatic carbocycles. The molecular formula is C21H24N2O2S. The van der Waals surface area contributed by atoms with Crippen LogP contribution >= 0.6 is 11.8 Å². The van der Waals surface area contributed by atoms with Crippen molar-refractivity contribution in [3.05, 3.63) is 60.7 Å². The van der Waals surface area contributed by atoms with Crippen molar-refractivity contribution in [2.45, 2.75) is 24.2 Å². The molecule has 2 aromatic rings. The number of carbonyl (C=O) groups is 2. The number of para-hydroxylation sites is 1. The highest BCUT2D eigenvalue weighted by atomic mass is 32.2. The van der Waals surface area contributed by atoms with Crippen molar-refractivity contribution in [1.82, 2.24) is 4.90 Å². The van der Waals surface area contributed by atoms with Crippen LogP contribution in [-0.4, -0.2) is 35.6 Å². The first kappa shape index (κ1) is 18.5. The summed E-state index contributed by atoms with van der Waals surface area (Å²) in [5.41, 5.74) is 0.828. The van der Waals surface area contributed by atoms with Crippen molar-refractivity contribution in [2.75, 3.05) is 24.2 Å². The minimum absolute atomic E-state index is 0.0158. The number of likely N-dealkylation sites (tertiary alicyclic amines) is 1. The van der Waals surface area contributed by atoms with Gasteiger partial charge in [-0.3, -0.25) is 9.59 Å². The van der Waals surface area contributed by atoms with Gasteiger partial charge in [0.2, 0.25) is 11.8 Å². The average molecular weight is 369 g/mol. The van der Waals surface area contributed by atoms with Crippen molar-refractivity contribution in [1.29, 1.82) is 0 Å². The van der Waals surface area contributed by atoms with Crippen LogP contribution in [0.5, 0.6) is 0 Å². The third kappa shape index (κ3) is 5.36. The molecule has 0 unspecified atom stereocenters. The predicted octanol–water partition coefficient (Wildman–Crippen LogP) is 4.05.